The van der Waals surface area contributed by atoms with Crippen molar-refractivity contribution < 1.29 is 5.11 Å². The number of aromatic nitrogens is 2. The van der Waals surface area contributed by atoms with Gasteiger partial charge in [0.2, 0.25) is 0 Å². The van der Waals surface area contributed by atoms with Gasteiger partial charge in [-0.1, -0.05) is 12.1 Å². The van der Waals surface area contributed by atoms with Crippen molar-refractivity contribution in [1.29, 1.82) is 0 Å². The van der Waals surface area contributed by atoms with Gasteiger partial charge in [-0.05, 0) is 25.1 Å². The Morgan fingerprint density at radius 2 is 1.95 bits per heavy atom. The van der Waals surface area contributed by atoms with Gasteiger partial charge >= 0.3 is 0 Å². The molecule has 2 aromatic rings. The molecular weight excluding hydrogens is 238 g/mol. The van der Waals surface area contributed by atoms with Gasteiger partial charge < -0.3 is 10.0 Å². The van der Waals surface area contributed by atoms with Crippen LogP contribution >= 0.6 is 0 Å². The standard InChI is InChI=1S/C15H19N3O/c1-12(19)14-7-5-10-17-15(14)18(2)11-8-13-6-3-4-9-16-13/h3-7,9-10,12,19H,8,11H2,1-2H3/t12-/m1/s1. The predicted octanol–water partition coefficient (Wildman–Crippen LogP) is 2.21. The molecule has 100 valence electrons. The number of hydrogen-bond donors (Lipinski definition) is 1. The molecule has 4 heteroatoms. The SMILES string of the molecule is C[C@@H](O)c1cccnc1N(C)CCc1ccccn1. The van der Waals surface area contributed by atoms with Crippen LogP contribution in [-0.4, -0.2) is 28.7 Å². The quantitative estimate of drug-likeness (QED) is 0.892. The summed E-state index contributed by atoms with van der Waals surface area (Å²) < 4.78 is 0. The molecule has 0 radical (unpaired) electrons. The summed E-state index contributed by atoms with van der Waals surface area (Å²) in [6.07, 6.45) is 3.89. The molecule has 4 nitrogen and oxygen atoms in total. The van der Waals surface area contributed by atoms with Crippen molar-refractivity contribution in [2.24, 2.45) is 0 Å². The molecular formula is C15H19N3O. The van der Waals surface area contributed by atoms with Gasteiger partial charge in [-0.2, -0.15) is 0 Å². The van der Waals surface area contributed by atoms with Crippen molar-refractivity contribution in [3.8, 4) is 0 Å². The van der Waals surface area contributed by atoms with Gasteiger partial charge in [0, 0.05) is 43.7 Å². The maximum absolute atomic E-state index is 9.76. The first-order valence-corrected chi connectivity index (χ1v) is 6.42. The van der Waals surface area contributed by atoms with E-state index < -0.39 is 6.10 Å². The predicted molar refractivity (Wildman–Crippen MR) is 76.1 cm³/mol. The van der Waals surface area contributed by atoms with Crippen molar-refractivity contribution in [3.05, 3.63) is 54.0 Å². The first-order chi connectivity index (χ1) is 9.18. The molecule has 0 bridgehead atoms. The van der Waals surface area contributed by atoms with Gasteiger partial charge in [0.1, 0.15) is 5.82 Å². The third-order valence-electron chi connectivity index (χ3n) is 3.06. The lowest BCUT2D eigenvalue weighted by atomic mass is 10.1. The Balaban J connectivity index is 2.06. The average Bonchev–Trinajstić information content (AvgIpc) is 2.46. The van der Waals surface area contributed by atoms with Crippen LogP contribution in [0.15, 0.2) is 42.7 Å². The molecule has 0 saturated heterocycles. The molecule has 19 heavy (non-hydrogen) atoms. The highest BCUT2D eigenvalue weighted by atomic mass is 16.3. The molecule has 0 unspecified atom stereocenters. The Hall–Kier alpha value is -1.94. The van der Waals surface area contributed by atoms with Gasteiger partial charge in [-0.3, -0.25) is 4.98 Å². The van der Waals surface area contributed by atoms with Crippen LogP contribution in [0.3, 0.4) is 0 Å². The highest BCUT2D eigenvalue weighted by Gasteiger charge is 2.12. The number of aliphatic hydroxyl groups excluding tert-OH is 1. The minimum absolute atomic E-state index is 0.513. The van der Waals surface area contributed by atoms with E-state index in [2.05, 4.69) is 14.9 Å². The first kappa shape index (κ1) is 13.5. The Bertz CT molecular complexity index is 514. The van der Waals surface area contributed by atoms with Gasteiger partial charge in [0.25, 0.3) is 0 Å². The second-order valence-electron chi connectivity index (χ2n) is 4.58. The lowest BCUT2D eigenvalue weighted by molar-refractivity contribution is 0.199. The number of aliphatic hydroxyl groups is 1. The highest BCUT2D eigenvalue weighted by molar-refractivity contribution is 5.47. The van der Waals surface area contributed by atoms with E-state index >= 15 is 0 Å². The molecule has 0 fully saturated rings. The molecule has 0 saturated carbocycles. The number of rotatable bonds is 5. The number of likely N-dealkylation sites (N-methyl/N-ethyl adjacent to an activating group) is 1. The third-order valence-corrected chi connectivity index (χ3v) is 3.06. The molecule has 0 amide bonds. The van der Waals surface area contributed by atoms with E-state index in [4.69, 9.17) is 0 Å². The Kier molecular flexibility index (Phi) is 4.47. The smallest absolute Gasteiger partial charge is 0.134 e. The summed E-state index contributed by atoms with van der Waals surface area (Å²) in [5.41, 5.74) is 1.91. The van der Waals surface area contributed by atoms with E-state index in [9.17, 15) is 5.11 Å². The number of anilines is 1. The molecule has 1 N–H and O–H groups in total. The van der Waals surface area contributed by atoms with Crippen molar-refractivity contribution in [2.75, 3.05) is 18.5 Å². The minimum Gasteiger partial charge on any atom is -0.389 e. The van der Waals surface area contributed by atoms with Crippen LogP contribution in [0.1, 0.15) is 24.3 Å². The van der Waals surface area contributed by atoms with Crippen LogP contribution in [0.4, 0.5) is 5.82 Å². The highest BCUT2D eigenvalue weighted by Crippen LogP contribution is 2.22. The van der Waals surface area contributed by atoms with Crippen LogP contribution in [0.2, 0.25) is 0 Å². The van der Waals surface area contributed by atoms with Crippen LogP contribution in [0.25, 0.3) is 0 Å². The molecule has 1 atom stereocenters. The molecule has 0 spiro atoms. The summed E-state index contributed by atoms with van der Waals surface area (Å²) in [5.74, 6) is 0.827. The van der Waals surface area contributed by atoms with Crippen molar-refractivity contribution in [1.82, 2.24) is 9.97 Å². The molecule has 2 aromatic heterocycles. The maximum atomic E-state index is 9.76. The fourth-order valence-electron chi connectivity index (χ4n) is 1.99. The second-order valence-corrected chi connectivity index (χ2v) is 4.58. The van der Waals surface area contributed by atoms with E-state index in [0.717, 1.165) is 30.0 Å². The largest absolute Gasteiger partial charge is 0.389 e. The van der Waals surface area contributed by atoms with Gasteiger partial charge in [0.05, 0.1) is 6.10 Å². The Labute approximate surface area is 113 Å². The summed E-state index contributed by atoms with van der Waals surface area (Å²) in [5, 5.41) is 9.76. The monoisotopic (exact) mass is 257 g/mol. The zero-order valence-corrected chi connectivity index (χ0v) is 11.3. The third kappa shape index (κ3) is 3.51. The van der Waals surface area contributed by atoms with Crippen LogP contribution in [0.5, 0.6) is 0 Å². The molecule has 0 aliphatic heterocycles. The molecule has 0 aliphatic rings. The first-order valence-electron chi connectivity index (χ1n) is 6.42. The number of nitrogens with zero attached hydrogens (tertiary/aromatic N) is 3. The van der Waals surface area contributed by atoms with Crippen molar-refractivity contribution in [2.45, 2.75) is 19.4 Å². The summed E-state index contributed by atoms with van der Waals surface area (Å²) in [7, 11) is 1.98. The van der Waals surface area contributed by atoms with Gasteiger partial charge in [-0.25, -0.2) is 4.98 Å². The Morgan fingerprint density at radius 3 is 2.63 bits per heavy atom. The lowest BCUT2D eigenvalue weighted by Crippen LogP contribution is -2.23. The van der Waals surface area contributed by atoms with Crippen LogP contribution in [-0.2, 0) is 6.42 Å². The molecule has 2 rings (SSSR count). The number of pyridine rings is 2. The fourth-order valence-corrected chi connectivity index (χ4v) is 1.99. The van der Waals surface area contributed by atoms with Gasteiger partial charge in [-0.15, -0.1) is 0 Å². The summed E-state index contributed by atoms with van der Waals surface area (Å²) in [6.45, 7) is 2.57. The van der Waals surface area contributed by atoms with Crippen molar-refractivity contribution >= 4 is 5.82 Å². The lowest BCUT2D eigenvalue weighted by Gasteiger charge is -2.22. The maximum Gasteiger partial charge on any atom is 0.134 e. The van der Waals surface area contributed by atoms with Crippen LogP contribution < -0.4 is 4.90 Å². The van der Waals surface area contributed by atoms with E-state index in [1.54, 1.807) is 19.3 Å². The molecule has 0 aliphatic carbocycles. The van der Waals surface area contributed by atoms with Crippen molar-refractivity contribution in [3.63, 3.8) is 0 Å². The van der Waals surface area contributed by atoms with Crippen LogP contribution in [0, 0.1) is 0 Å². The molecule has 2 heterocycles. The Morgan fingerprint density at radius 1 is 1.16 bits per heavy atom. The number of hydrogen-bond acceptors (Lipinski definition) is 4. The summed E-state index contributed by atoms with van der Waals surface area (Å²) in [6, 6.07) is 9.67. The summed E-state index contributed by atoms with van der Waals surface area (Å²) >= 11 is 0. The van der Waals surface area contributed by atoms with E-state index in [1.807, 2.05) is 37.4 Å². The average molecular weight is 257 g/mol. The zero-order valence-electron chi connectivity index (χ0n) is 11.3. The van der Waals surface area contributed by atoms with Gasteiger partial charge in [0.15, 0.2) is 0 Å². The normalized spacial score (nSPS) is 12.2. The van der Waals surface area contributed by atoms with E-state index in [1.165, 1.54) is 0 Å². The second kappa shape index (κ2) is 6.29. The fraction of sp³-hybridized carbons (Fsp3) is 0.333. The zero-order chi connectivity index (χ0) is 13.7. The molecule has 0 aromatic carbocycles. The van der Waals surface area contributed by atoms with E-state index in [-0.39, 0.29) is 0 Å². The van der Waals surface area contributed by atoms with E-state index in [0.29, 0.717) is 0 Å². The summed E-state index contributed by atoms with van der Waals surface area (Å²) in [4.78, 5) is 10.7. The topological polar surface area (TPSA) is 49.3 Å². The minimum atomic E-state index is -0.513.